The van der Waals surface area contributed by atoms with Crippen molar-refractivity contribution in [2.24, 2.45) is 0 Å². The first-order valence-corrected chi connectivity index (χ1v) is 7.06. The molecule has 1 amide bonds. The molecule has 4 nitrogen and oxygen atoms in total. The molecule has 0 fully saturated rings. The summed E-state index contributed by atoms with van der Waals surface area (Å²) < 4.78 is 6.19. The van der Waals surface area contributed by atoms with Crippen molar-refractivity contribution in [3.05, 3.63) is 52.3 Å². The predicted octanol–water partition coefficient (Wildman–Crippen LogP) is 3.80. The van der Waals surface area contributed by atoms with Gasteiger partial charge in [0.05, 0.1) is 12.3 Å². The van der Waals surface area contributed by atoms with E-state index in [1.165, 1.54) is 0 Å². The highest BCUT2D eigenvalue weighted by Gasteiger charge is 2.13. The Labute approximate surface area is 126 Å². The number of aryl methyl sites for hydroxylation is 1. The molecule has 0 saturated carbocycles. The van der Waals surface area contributed by atoms with Gasteiger partial charge in [-0.25, -0.2) is 4.98 Å². The monoisotopic (exact) mass is 334 g/mol. The molecule has 5 heteroatoms. The van der Waals surface area contributed by atoms with E-state index in [9.17, 15) is 4.79 Å². The average Bonchev–Trinajstić information content (AvgIpc) is 2.42. The maximum absolute atomic E-state index is 12.2. The largest absolute Gasteiger partial charge is 0.492 e. The zero-order valence-electron chi connectivity index (χ0n) is 11.3. The number of ether oxygens (including phenoxy) is 1. The molecule has 1 heterocycles. The molecule has 1 aromatic carbocycles. The van der Waals surface area contributed by atoms with E-state index in [2.05, 4.69) is 26.2 Å². The third-order valence-electron chi connectivity index (χ3n) is 2.66. The number of anilines is 1. The number of rotatable bonds is 4. The molecule has 2 aromatic rings. The van der Waals surface area contributed by atoms with Crippen molar-refractivity contribution in [1.29, 1.82) is 0 Å². The van der Waals surface area contributed by atoms with Crippen LogP contribution in [0.25, 0.3) is 0 Å². The van der Waals surface area contributed by atoms with Crippen LogP contribution in [0.3, 0.4) is 0 Å². The van der Waals surface area contributed by atoms with Crippen molar-refractivity contribution >= 4 is 27.5 Å². The second-order valence-corrected chi connectivity index (χ2v) is 5.07. The lowest BCUT2D eigenvalue weighted by molar-refractivity contribution is 0.102. The summed E-state index contributed by atoms with van der Waals surface area (Å²) in [5.41, 5.74) is 2.06. The lowest BCUT2D eigenvalue weighted by Gasteiger charge is -2.12. The number of pyridine rings is 1. The van der Waals surface area contributed by atoms with E-state index in [0.29, 0.717) is 28.2 Å². The molecule has 104 valence electrons. The number of carbonyl (C=O) groups is 1. The summed E-state index contributed by atoms with van der Waals surface area (Å²) in [5, 5.41) is 2.82. The first kappa shape index (κ1) is 14.5. The van der Waals surface area contributed by atoms with Crippen LogP contribution in [0.4, 0.5) is 5.69 Å². The Bertz CT molecular complexity index is 629. The Balaban J connectivity index is 2.26. The molecule has 0 bridgehead atoms. The van der Waals surface area contributed by atoms with Crippen LogP contribution in [0, 0.1) is 6.92 Å². The average molecular weight is 335 g/mol. The molecule has 20 heavy (non-hydrogen) atoms. The van der Waals surface area contributed by atoms with Gasteiger partial charge in [0.25, 0.3) is 5.91 Å². The number of amides is 1. The zero-order valence-corrected chi connectivity index (χ0v) is 12.9. The maximum atomic E-state index is 12.2. The van der Waals surface area contributed by atoms with E-state index in [4.69, 9.17) is 4.74 Å². The second-order valence-electron chi connectivity index (χ2n) is 4.22. The molecular weight excluding hydrogens is 320 g/mol. The molecule has 0 radical (unpaired) electrons. The number of carbonyl (C=O) groups excluding carboxylic acids is 1. The number of hydrogen-bond donors (Lipinski definition) is 1. The summed E-state index contributed by atoms with van der Waals surface area (Å²) >= 11 is 3.32. The molecule has 1 N–H and O–H groups in total. The summed E-state index contributed by atoms with van der Waals surface area (Å²) in [6.07, 6.45) is 1.58. The summed E-state index contributed by atoms with van der Waals surface area (Å²) in [4.78, 5) is 16.3. The predicted molar refractivity (Wildman–Crippen MR) is 82.2 cm³/mol. The van der Waals surface area contributed by atoms with E-state index in [1.807, 2.05) is 32.0 Å². The molecule has 1 aromatic heterocycles. The third-order valence-corrected chi connectivity index (χ3v) is 3.30. The van der Waals surface area contributed by atoms with Gasteiger partial charge in [0, 0.05) is 10.7 Å². The van der Waals surface area contributed by atoms with Crippen LogP contribution in [0.15, 0.2) is 41.0 Å². The zero-order chi connectivity index (χ0) is 14.5. The Morgan fingerprint density at radius 1 is 1.40 bits per heavy atom. The van der Waals surface area contributed by atoms with Gasteiger partial charge in [0.2, 0.25) is 0 Å². The fourth-order valence-corrected chi connectivity index (χ4v) is 2.18. The molecule has 0 saturated heterocycles. The lowest BCUT2D eigenvalue weighted by Crippen LogP contribution is -2.15. The van der Waals surface area contributed by atoms with Gasteiger partial charge in [0.1, 0.15) is 11.4 Å². The quantitative estimate of drug-likeness (QED) is 0.925. The van der Waals surface area contributed by atoms with Crippen LogP contribution in [0.1, 0.15) is 23.0 Å². The number of benzene rings is 1. The minimum atomic E-state index is -0.276. The standard InChI is InChI=1S/C15H15BrN2O2/c1-3-20-13-9-10(2)6-7-12(13)18-15(19)14-11(16)5-4-8-17-14/h4-9H,3H2,1-2H3,(H,18,19). The highest BCUT2D eigenvalue weighted by molar-refractivity contribution is 9.10. The minimum Gasteiger partial charge on any atom is -0.492 e. The van der Waals surface area contributed by atoms with Crippen LogP contribution in [0.2, 0.25) is 0 Å². The number of nitrogens with zero attached hydrogens (tertiary/aromatic N) is 1. The number of halogens is 1. The van der Waals surface area contributed by atoms with Gasteiger partial charge in [-0.15, -0.1) is 0 Å². The van der Waals surface area contributed by atoms with Gasteiger partial charge in [0.15, 0.2) is 0 Å². The summed E-state index contributed by atoms with van der Waals surface area (Å²) in [5.74, 6) is 0.384. The number of hydrogen-bond acceptors (Lipinski definition) is 3. The van der Waals surface area contributed by atoms with Crippen molar-refractivity contribution in [3.63, 3.8) is 0 Å². The molecule has 0 unspecified atom stereocenters. The Morgan fingerprint density at radius 3 is 2.90 bits per heavy atom. The van der Waals surface area contributed by atoms with E-state index >= 15 is 0 Å². The van der Waals surface area contributed by atoms with Crippen LogP contribution < -0.4 is 10.1 Å². The number of nitrogens with one attached hydrogen (secondary N) is 1. The SMILES string of the molecule is CCOc1cc(C)ccc1NC(=O)c1ncccc1Br. The molecule has 2 rings (SSSR count). The number of aromatic nitrogens is 1. The topological polar surface area (TPSA) is 51.2 Å². The molecular formula is C15H15BrN2O2. The highest BCUT2D eigenvalue weighted by Crippen LogP contribution is 2.26. The molecule has 0 spiro atoms. The van der Waals surface area contributed by atoms with Gasteiger partial charge >= 0.3 is 0 Å². The fraction of sp³-hybridized carbons (Fsp3) is 0.200. The second kappa shape index (κ2) is 6.52. The van der Waals surface area contributed by atoms with Gasteiger partial charge in [-0.3, -0.25) is 4.79 Å². The summed E-state index contributed by atoms with van der Waals surface area (Å²) in [6.45, 7) is 4.42. The van der Waals surface area contributed by atoms with Gasteiger partial charge in [-0.05, 0) is 59.6 Å². The van der Waals surface area contributed by atoms with Crippen LogP contribution in [-0.4, -0.2) is 17.5 Å². The molecule has 0 atom stereocenters. The smallest absolute Gasteiger partial charge is 0.275 e. The van der Waals surface area contributed by atoms with E-state index in [0.717, 1.165) is 5.56 Å². The molecule has 0 aliphatic carbocycles. The molecule has 0 aliphatic heterocycles. The fourth-order valence-electron chi connectivity index (χ4n) is 1.74. The Hall–Kier alpha value is -1.88. The van der Waals surface area contributed by atoms with Crippen LogP contribution in [-0.2, 0) is 0 Å². The van der Waals surface area contributed by atoms with Crippen molar-refractivity contribution in [3.8, 4) is 5.75 Å². The summed E-state index contributed by atoms with van der Waals surface area (Å²) in [7, 11) is 0. The first-order chi connectivity index (χ1) is 9.61. The van der Waals surface area contributed by atoms with Crippen molar-refractivity contribution in [2.75, 3.05) is 11.9 Å². The third kappa shape index (κ3) is 3.36. The highest BCUT2D eigenvalue weighted by atomic mass is 79.9. The maximum Gasteiger partial charge on any atom is 0.275 e. The molecule has 0 aliphatic rings. The normalized spacial score (nSPS) is 10.2. The van der Waals surface area contributed by atoms with Crippen molar-refractivity contribution in [2.45, 2.75) is 13.8 Å². The van der Waals surface area contributed by atoms with Crippen molar-refractivity contribution < 1.29 is 9.53 Å². The van der Waals surface area contributed by atoms with Crippen LogP contribution >= 0.6 is 15.9 Å². The van der Waals surface area contributed by atoms with Gasteiger partial charge < -0.3 is 10.1 Å². The summed E-state index contributed by atoms with van der Waals surface area (Å²) in [6, 6.07) is 9.19. The van der Waals surface area contributed by atoms with Crippen molar-refractivity contribution in [1.82, 2.24) is 4.98 Å². The van der Waals surface area contributed by atoms with Gasteiger partial charge in [-0.1, -0.05) is 6.07 Å². The van der Waals surface area contributed by atoms with E-state index in [1.54, 1.807) is 18.3 Å². The van der Waals surface area contributed by atoms with Gasteiger partial charge in [-0.2, -0.15) is 0 Å². The first-order valence-electron chi connectivity index (χ1n) is 6.27. The Morgan fingerprint density at radius 2 is 2.20 bits per heavy atom. The minimum absolute atomic E-state index is 0.276. The van der Waals surface area contributed by atoms with E-state index in [-0.39, 0.29) is 5.91 Å². The van der Waals surface area contributed by atoms with Crippen LogP contribution in [0.5, 0.6) is 5.75 Å². The lowest BCUT2D eigenvalue weighted by atomic mass is 10.2. The van der Waals surface area contributed by atoms with E-state index < -0.39 is 0 Å². The Kier molecular flexibility index (Phi) is 4.74.